The van der Waals surface area contributed by atoms with Crippen molar-refractivity contribution in [2.75, 3.05) is 19.6 Å². The molecule has 0 aliphatic carbocycles. The molecule has 1 aromatic heterocycles. The number of carbonyl (C=O) groups excluding carboxylic acids is 2. The number of amides is 2. The molecule has 3 N–H and O–H groups in total. The number of aromatic amines is 2. The summed E-state index contributed by atoms with van der Waals surface area (Å²) >= 11 is 0. The Morgan fingerprint density at radius 1 is 1.13 bits per heavy atom. The van der Waals surface area contributed by atoms with Gasteiger partial charge in [0, 0.05) is 19.6 Å². The van der Waals surface area contributed by atoms with E-state index in [-0.39, 0.29) is 24.2 Å². The van der Waals surface area contributed by atoms with Gasteiger partial charge >= 0.3 is 5.69 Å². The zero-order chi connectivity index (χ0) is 21.1. The maximum atomic E-state index is 12.6. The molecule has 2 heterocycles. The topological polar surface area (TPSA) is 111 Å². The quantitative estimate of drug-likeness (QED) is 0.611. The summed E-state index contributed by atoms with van der Waals surface area (Å²) in [6.07, 6.45) is 0.515. The van der Waals surface area contributed by atoms with Crippen molar-refractivity contribution in [3.63, 3.8) is 0 Å². The lowest BCUT2D eigenvalue weighted by Crippen LogP contribution is -2.38. The lowest BCUT2D eigenvalue weighted by atomic mass is 9.95. The summed E-state index contributed by atoms with van der Waals surface area (Å²) in [7, 11) is 0. The second-order valence-corrected chi connectivity index (χ2v) is 7.54. The van der Waals surface area contributed by atoms with E-state index in [2.05, 4.69) is 57.8 Å². The molecule has 30 heavy (non-hydrogen) atoms. The third kappa shape index (κ3) is 4.32. The molecule has 1 saturated heterocycles. The number of aryl methyl sites for hydroxylation is 1. The van der Waals surface area contributed by atoms with Gasteiger partial charge in [0.1, 0.15) is 0 Å². The van der Waals surface area contributed by atoms with E-state index in [0.29, 0.717) is 19.5 Å². The highest BCUT2D eigenvalue weighted by Crippen LogP contribution is 2.22. The van der Waals surface area contributed by atoms with Crippen LogP contribution in [0.4, 0.5) is 0 Å². The van der Waals surface area contributed by atoms with E-state index < -0.39 is 11.6 Å². The average Bonchev–Trinajstić information content (AvgIpc) is 3.10. The monoisotopic (exact) mass is 405 g/mol. The van der Waals surface area contributed by atoms with Crippen LogP contribution in [0.3, 0.4) is 0 Å². The second kappa shape index (κ2) is 8.36. The van der Waals surface area contributed by atoms with Crippen molar-refractivity contribution < 1.29 is 9.59 Å². The maximum Gasteiger partial charge on any atom is 0.341 e. The molecule has 154 valence electrons. The van der Waals surface area contributed by atoms with E-state index in [4.69, 9.17) is 0 Å². The normalized spacial score (nSPS) is 16.8. The molecule has 2 aromatic carbocycles. The highest BCUT2D eigenvalue weighted by atomic mass is 16.2. The van der Waals surface area contributed by atoms with Gasteiger partial charge in [0.15, 0.2) is 0 Å². The van der Waals surface area contributed by atoms with Gasteiger partial charge in [0.2, 0.25) is 11.7 Å². The Labute approximate surface area is 173 Å². The molecule has 8 nitrogen and oxygen atoms in total. The van der Waals surface area contributed by atoms with E-state index in [1.807, 2.05) is 18.2 Å². The summed E-state index contributed by atoms with van der Waals surface area (Å²) < 4.78 is 0. The molecule has 8 heteroatoms. The Bertz CT molecular complexity index is 1120. The third-order valence-corrected chi connectivity index (χ3v) is 5.27. The fourth-order valence-corrected chi connectivity index (χ4v) is 3.70. The van der Waals surface area contributed by atoms with Crippen molar-refractivity contribution in [1.82, 2.24) is 25.4 Å². The van der Waals surface area contributed by atoms with Crippen molar-refractivity contribution in [2.24, 2.45) is 5.92 Å². The molecule has 3 aromatic rings. The molecule has 1 atom stereocenters. The Balaban J connectivity index is 1.48. The summed E-state index contributed by atoms with van der Waals surface area (Å²) in [5.41, 5.74) is 3.96. The number of aromatic nitrogens is 3. The molecule has 1 aliphatic heterocycles. The molecule has 1 unspecified atom stereocenters. The highest BCUT2D eigenvalue weighted by molar-refractivity contribution is 5.91. The molecule has 1 aliphatic rings. The molecular formula is C22H23N5O3. The number of H-pyrrole nitrogens is 2. The second-order valence-electron chi connectivity index (χ2n) is 7.54. The summed E-state index contributed by atoms with van der Waals surface area (Å²) in [5.74, 6) is -0.907. The van der Waals surface area contributed by atoms with Crippen molar-refractivity contribution in [3.05, 3.63) is 76.0 Å². The molecule has 2 amide bonds. The molecule has 1 fully saturated rings. The predicted molar refractivity (Wildman–Crippen MR) is 112 cm³/mol. The summed E-state index contributed by atoms with van der Waals surface area (Å²) in [6, 6.07) is 16.5. The van der Waals surface area contributed by atoms with E-state index in [0.717, 1.165) is 16.7 Å². The molecule has 4 rings (SSSR count). The summed E-state index contributed by atoms with van der Waals surface area (Å²) in [4.78, 5) is 40.3. The molecule has 0 saturated carbocycles. The van der Waals surface area contributed by atoms with Crippen LogP contribution < -0.4 is 11.0 Å². The van der Waals surface area contributed by atoms with Crippen LogP contribution in [0, 0.1) is 12.8 Å². The van der Waals surface area contributed by atoms with Crippen molar-refractivity contribution >= 4 is 11.8 Å². The lowest BCUT2D eigenvalue weighted by molar-refractivity contribution is -0.124. The van der Waals surface area contributed by atoms with Gasteiger partial charge in [-0.1, -0.05) is 54.1 Å². The van der Waals surface area contributed by atoms with Gasteiger partial charge < -0.3 is 10.2 Å². The van der Waals surface area contributed by atoms with Crippen LogP contribution in [0.5, 0.6) is 0 Å². The minimum Gasteiger partial charge on any atom is -0.354 e. The largest absolute Gasteiger partial charge is 0.354 e. The number of nitrogens with one attached hydrogen (secondary N) is 3. The van der Waals surface area contributed by atoms with Gasteiger partial charge in [-0.15, -0.1) is 5.10 Å². The van der Waals surface area contributed by atoms with Crippen LogP contribution in [-0.2, 0) is 11.2 Å². The van der Waals surface area contributed by atoms with Crippen LogP contribution in [-0.4, -0.2) is 51.5 Å². The van der Waals surface area contributed by atoms with Crippen LogP contribution in [0.15, 0.2) is 53.3 Å². The van der Waals surface area contributed by atoms with Crippen LogP contribution in [0.1, 0.15) is 21.7 Å². The Morgan fingerprint density at radius 2 is 1.93 bits per heavy atom. The average molecular weight is 405 g/mol. The smallest absolute Gasteiger partial charge is 0.341 e. The molecule has 0 radical (unpaired) electrons. The maximum absolute atomic E-state index is 12.6. The van der Waals surface area contributed by atoms with Gasteiger partial charge in [-0.3, -0.25) is 14.6 Å². The minimum atomic E-state index is -0.535. The number of nitrogens with zero attached hydrogens (tertiary/aromatic N) is 2. The fraction of sp³-hybridized carbons (Fsp3) is 0.273. The molecule has 0 bridgehead atoms. The van der Waals surface area contributed by atoms with E-state index in [9.17, 15) is 14.4 Å². The third-order valence-electron chi connectivity index (χ3n) is 5.27. The SMILES string of the molecule is Cc1cccc(-c2ccc(CC3CN(C(=O)c4n[nH]c(=O)[nH]4)CCNC3=O)cc2)c1. The Morgan fingerprint density at radius 3 is 2.63 bits per heavy atom. The van der Waals surface area contributed by atoms with E-state index >= 15 is 0 Å². The lowest BCUT2D eigenvalue weighted by Gasteiger charge is -2.22. The first-order chi connectivity index (χ1) is 14.5. The number of rotatable bonds is 4. The number of hydrogen-bond acceptors (Lipinski definition) is 4. The number of carbonyl (C=O) groups is 2. The summed E-state index contributed by atoms with van der Waals surface area (Å²) in [6.45, 7) is 3.05. The first-order valence-electron chi connectivity index (χ1n) is 9.87. The molecule has 0 spiro atoms. The standard InChI is InChI=1S/C22H23N5O3/c1-14-3-2-4-17(11-14)16-7-5-15(6-8-16)12-18-13-27(10-9-23-20(18)28)21(29)19-24-22(30)26-25-19/h2-8,11,18H,9-10,12-13H2,1H3,(H,23,28)(H2,24,25,26,30). The molecular weight excluding hydrogens is 382 g/mol. The van der Waals surface area contributed by atoms with E-state index in [1.165, 1.54) is 5.56 Å². The zero-order valence-electron chi connectivity index (χ0n) is 16.6. The Hall–Kier alpha value is -3.68. The van der Waals surface area contributed by atoms with Gasteiger partial charge in [-0.05, 0) is 30.0 Å². The van der Waals surface area contributed by atoms with Gasteiger partial charge in [0.05, 0.1) is 5.92 Å². The van der Waals surface area contributed by atoms with Gasteiger partial charge in [0.25, 0.3) is 5.91 Å². The van der Waals surface area contributed by atoms with Crippen molar-refractivity contribution in [2.45, 2.75) is 13.3 Å². The van der Waals surface area contributed by atoms with Crippen LogP contribution >= 0.6 is 0 Å². The minimum absolute atomic E-state index is 0.0457. The zero-order valence-corrected chi connectivity index (χ0v) is 16.6. The van der Waals surface area contributed by atoms with Gasteiger partial charge in [-0.25, -0.2) is 9.89 Å². The van der Waals surface area contributed by atoms with Crippen LogP contribution in [0.2, 0.25) is 0 Å². The Kier molecular flexibility index (Phi) is 5.47. The summed E-state index contributed by atoms with van der Waals surface area (Å²) in [5, 5.41) is 8.77. The highest BCUT2D eigenvalue weighted by Gasteiger charge is 2.29. The first-order valence-corrected chi connectivity index (χ1v) is 9.87. The fourth-order valence-electron chi connectivity index (χ4n) is 3.70. The first kappa shape index (κ1) is 19.6. The van der Waals surface area contributed by atoms with E-state index in [1.54, 1.807) is 4.90 Å². The number of benzene rings is 2. The predicted octanol–water partition coefficient (Wildman–Crippen LogP) is 1.50. The van der Waals surface area contributed by atoms with Crippen molar-refractivity contribution in [1.29, 1.82) is 0 Å². The van der Waals surface area contributed by atoms with Gasteiger partial charge in [-0.2, -0.15) is 0 Å². The van der Waals surface area contributed by atoms with Crippen LogP contribution in [0.25, 0.3) is 11.1 Å². The number of hydrogen-bond donors (Lipinski definition) is 3. The van der Waals surface area contributed by atoms with Crippen molar-refractivity contribution in [3.8, 4) is 11.1 Å².